The minimum Gasteiger partial charge on any atom is -0.388 e. The van der Waals surface area contributed by atoms with Gasteiger partial charge in [0.25, 0.3) is 5.91 Å². The summed E-state index contributed by atoms with van der Waals surface area (Å²) in [7, 11) is 0. The first-order chi connectivity index (χ1) is 10.4. The zero-order valence-corrected chi connectivity index (χ0v) is 13.3. The van der Waals surface area contributed by atoms with E-state index in [1.807, 2.05) is 44.2 Å². The first kappa shape index (κ1) is 16.2. The van der Waals surface area contributed by atoms with Crippen LogP contribution in [-0.2, 0) is 6.54 Å². The van der Waals surface area contributed by atoms with E-state index in [1.165, 1.54) is 0 Å². The summed E-state index contributed by atoms with van der Waals surface area (Å²) in [6, 6.07) is 9.94. The molecule has 1 aromatic heterocycles. The number of benzene rings is 1. The van der Waals surface area contributed by atoms with Crippen molar-refractivity contribution in [1.82, 2.24) is 15.1 Å². The van der Waals surface area contributed by atoms with E-state index in [4.69, 9.17) is 0 Å². The van der Waals surface area contributed by atoms with Gasteiger partial charge in [0, 0.05) is 12.7 Å². The summed E-state index contributed by atoms with van der Waals surface area (Å²) in [4.78, 5) is 12.1. The molecule has 5 nitrogen and oxygen atoms in total. The molecule has 0 aliphatic rings. The molecule has 5 heteroatoms. The summed E-state index contributed by atoms with van der Waals surface area (Å²) in [5.74, 6) is -0.158. The second kappa shape index (κ2) is 6.75. The average Bonchev–Trinajstić information content (AvgIpc) is 2.94. The first-order valence-corrected chi connectivity index (χ1v) is 7.45. The fourth-order valence-corrected chi connectivity index (χ4v) is 1.90. The monoisotopic (exact) mass is 301 g/mol. The second-order valence-corrected chi connectivity index (χ2v) is 6.11. The Morgan fingerprint density at radius 1 is 1.36 bits per heavy atom. The van der Waals surface area contributed by atoms with Crippen LogP contribution in [0.1, 0.15) is 36.7 Å². The molecular weight excluding hydrogens is 278 g/mol. The molecule has 1 atom stereocenters. The molecule has 0 spiro atoms. The number of nitrogens with zero attached hydrogens (tertiary/aromatic N) is 2. The molecule has 1 amide bonds. The number of aliphatic hydroxyl groups is 1. The largest absolute Gasteiger partial charge is 0.388 e. The summed E-state index contributed by atoms with van der Waals surface area (Å²) in [5.41, 5.74) is 0.700. The standard InChI is InChI=1S/C17H23N3O2/c1-13(2)17(3,22)12-18-16(21)15-9-19-20(11-15)10-14-7-5-4-6-8-14/h4-9,11,13,22H,10,12H2,1-3H3,(H,18,21). The topological polar surface area (TPSA) is 67.2 Å². The normalized spacial score (nSPS) is 13.9. The zero-order valence-electron chi connectivity index (χ0n) is 13.3. The lowest BCUT2D eigenvalue weighted by atomic mass is 9.92. The van der Waals surface area contributed by atoms with E-state index >= 15 is 0 Å². The Morgan fingerprint density at radius 3 is 2.68 bits per heavy atom. The second-order valence-electron chi connectivity index (χ2n) is 6.11. The van der Waals surface area contributed by atoms with Crippen LogP contribution in [0, 0.1) is 5.92 Å². The van der Waals surface area contributed by atoms with Gasteiger partial charge in [-0.1, -0.05) is 44.2 Å². The summed E-state index contributed by atoms with van der Waals surface area (Å²) in [6.07, 6.45) is 3.26. The van der Waals surface area contributed by atoms with Crippen molar-refractivity contribution >= 4 is 5.91 Å². The number of hydrogen-bond acceptors (Lipinski definition) is 3. The van der Waals surface area contributed by atoms with Gasteiger partial charge in [0.2, 0.25) is 0 Å². The minimum atomic E-state index is -0.921. The van der Waals surface area contributed by atoms with Crippen molar-refractivity contribution in [2.24, 2.45) is 5.92 Å². The van der Waals surface area contributed by atoms with Gasteiger partial charge in [-0.3, -0.25) is 9.48 Å². The van der Waals surface area contributed by atoms with E-state index in [0.29, 0.717) is 12.1 Å². The molecule has 1 aromatic carbocycles. The highest BCUT2D eigenvalue weighted by molar-refractivity contribution is 5.93. The average molecular weight is 301 g/mol. The molecule has 2 aromatic rings. The Morgan fingerprint density at radius 2 is 2.05 bits per heavy atom. The maximum Gasteiger partial charge on any atom is 0.254 e. The molecule has 1 heterocycles. The maximum atomic E-state index is 12.1. The van der Waals surface area contributed by atoms with Crippen LogP contribution >= 0.6 is 0 Å². The number of carbonyl (C=O) groups excluding carboxylic acids is 1. The van der Waals surface area contributed by atoms with Gasteiger partial charge in [-0.25, -0.2) is 0 Å². The molecule has 1 unspecified atom stereocenters. The van der Waals surface area contributed by atoms with Crippen LogP contribution in [0.3, 0.4) is 0 Å². The van der Waals surface area contributed by atoms with Crippen molar-refractivity contribution in [2.45, 2.75) is 32.9 Å². The van der Waals surface area contributed by atoms with E-state index in [2.05, 4.69) is 10.4 Å². The molecule has 0 aliphatic heterocycles. The molecule has 0 fully saturated rings. The van der Waals surface area contributed by atoms with Crippen LogP contribution in [-0.4, -0.2) is 32.9 Å². The van der Waals surface area contributed by atoms with Crippen molar-refractivity contribution in [3.63, 3.8) is 0 Å². The van der Waals surface area contributed by atoms with Crippen LogP contribution in [0.4, 0.5) is 0 Å². The van der Waals surface area contributed by atoms with Gasteiger partial charge in [-0.2, -0.15) is 5.10 Å². The van der Waals surface area contributed by atoms with Crippen LogP contribution in [0.5, 0.6) is 0 Å². The lowest BCUT2D eigenvalue weighted by molar-refractivity contribution is 0.0142. The van der Waals surface area contributed by atoms with E-state index in [1.54, 1.807) is 24.0 Å². The number of carbonyl (C=O) groups is 1. The lowest BCUT2D eigenvalue weighted by Gasteiger charge is -2.27. The lowest BCUT2D eigenvalue weighted by Crippen LogP contribution is -2.44. The Balaban J connectivity index is 1.95. The molecule has 2 rings (SSSR count). The third kappa shape index (κ3) is 4.18. The molecular formula is C17H23N3O2. The maximum absolute atomic E-state index is 12.1. The number of nitrogens with one attached hydrogen (secondary N) is 1. The summed E-state index contributed by atoms with van der Waals surface area (Å²) in [6.45, 7) is 6.40. The Hall–Kier alpha value is -2.14. The van der Waals surface area contributed by atoms with Gasteiger partial charge < -0.3 is 10.4 Å². The Labute approximate surface area is 131 Å². The molecule has 0 aliphatic carbocycles. The van der Waals surface area contributed by atoms with Crippen LogP contribution in [0.25, 0.3) is 0 Å². The van der Waals surface area contributed by atoms with Crippen LogP contribution in [0.2, 0.25) is 0 Å². The molecule has 0 radical (unpaired) electrons. The van der Waals surface area contributed by atoms with Crippen molar-refractivity contribution < 1.29 is 9.90 Å². The molecule has 0 saturated heterocycles. The zero-order chi connectivity index (χ0) is 16.2. The van der Waals surface area contributed by atoms with Gasteiger partial charge in [0.15, 0.2) is 0 Å². The number of hydrogen-bond donors (Lipinski definition) is 2. The van der Waals surface area contributed by atoms with Gasteiger partial charge in [0.05, 0.1) is 23.9 Å². The fraction of sp³-hybridized carbons (Fsp3) is 0.412. The smallest absolute Gasteiger partial charge is 0.254 e. The minimum absolute atomic E-state index is 0.0635. The Kier molecular flexibility index (Phi) is 4.98. The molecule has 22 heavy (non-hydrogen) atoms. The van der Waals surface area contributed by atoms with Crippen LogP contribution < -0.4 is 5.32 Å². The van der Waals surface area contributed by atoms with Gasteiger partial charge in [-0.15, -0.1) is 0 Å². The van der Waals surface area contributed by atoms with Crippen LogP contribution in [0.15, 0.2) is 42.7 Å². The predicted octanol–water partition coefficient (Wildman–Crippen LogP) is 2.07. The third-order valence-electron chi connectivity index (χ3n) is 3.93. The van der Waals surface area contributed by atoms with Crippen molar-refractivity contribution in [3.8, 4) is 0 Å². The highest BCUT2D eigenvalue weighted by Crippen LogP contribution is 2.14. The third-order valence-corrected chi connectivity index (χ3v) is 3.93. The van der Waals surface area contributed by atoms with Gasteiger partial charge in [0.1, 0.15) is 0 Å². The van der Waals surface area contributed by atoms with E-state index < -0.39 is 5.60 Å². The van der Waals surface area contributed by atoms with Crippen molar-refractivity contribution in [2.75, 3.05) is 6.54 Å². The van der Waals surface area contributed by atoms with E-state index in [9.17, 15) is 9.90 Å². The van der Waals surface area contributed by atoms with E-state index in [0.717, 1.165) is 5.56 Å². The number of aromatic nitrogens is 2. The first-order valence-electron chi connectivity index (χ1n) is 7.45. The van der Waals surface area contributed by atoms with Crippen molar-refractivity contribution in [1.29, 1.82) is 0 Å². The molecule has 0 saturated carbocycles. The van der Waals surface area contributed by atoms with Gasteiger partial charge >= 0.3 is 0 Å². The SMILES string of the molecule is CC(C)C(C)(O)CNC(=O)c1cnn(Cc2ccccc2)c1. The molecule has 2 N–H and O–H groups in total. The van der Waals surface area contributed by atoms with Crippen molar-refractivity contribution in [3.05, 3.63) is 53.9 Å². The molecule has 0 bridgehead atoms. The summed E-state index contributed by atoms with van der Waals surface area (Å²) < 4.78 is 1.73. The summed E-state index contributed by atoms with van der Waals surface area (Å²) in [5, 5.41) is 17.1. The highest BCUT2D eigenvalue weighted by Gasteiger charge is 2.25. The number of rotatable bonds is 6. The van der Waals surface area contributed by atoms with E-state index in [-0.39, 0.29) is 18.4 Å². The Bertz CT molecular complexity index is 618. The van der Waals surface area contributed by atoms with Gasteiger partial charge in [-0.05, 0) is 18.4 Å². The number of amides is 1. The predicted molar refractivity (Wildman–Crippen MR) is 85.6 cm³/mol. The highest BCUT2D eigenvalue weighted by atomic mass is 16.3. The molecule has 118 valence electrons. The summed E-state index contributed by atoms with van der Waals surface area (Å²) >= 11 is 0. The quantitative estimate of drug-likeness (QED) is 0.858. The fourth-order valence-electron chi connectivity index (χ4n) is 1.90.